The van der Waals surface area contributed by atoms with E-state index in [1.165, 1.54) is 15.5 Å². The molecule has 1 unspecified atom stereocenters. The van der Waals surface area contributed by atoms with Crippen molar-refractivity contribution in [2.45, 2.75) is 32.9 Å². The molecule has 1 atom stereocenters. The van der Waals surface area contributed by atoms with Gasteiger partial charge < -0.3 is 15.0 Å². The van der Waals surface area contributed by atoms with Crippen LogP contribution in [0.2, 0.25) is 0 Å². The van der Waals surface area contributed by atoms with Gasteiger partial charge in [-0.1, -0.05) is 30.3 Å². The Labute approximate surface area is 190 Å². The molecule has 2 amide bonds. The summed E-state index contributed by atoms with van der Waals surface area (Å²) in [5.41, 5.74) is 6.09. The van der Waals surface area contributed by atoms with Crippen LogP contribution in [0.25, 0.3) is 5.70 Å². The van der Waals surface area contributed by atoms with Crippen molar-refractivity contribution in [1.29, 1.82) is 0 Å². The Morgan fingerprint density at radius 2 is 1.88 bits per heavy atom. The van der Waals surface area contributed by atoms with Crippen LogP contribution in [0.15, 0.2) is 60.7 Å². The van der Waals surface area contributed by atoms with Gasteiger partial charge in [-0.3, -0.25) is 15.0 Å². The van der Waals surface area contributed by atoms with Gasteiger partial charge in [0.05, 0.1) is 31.9 Å². The normalized spacial score (nSPS) is 14.6. The third-order valence-electron chi connectivity index (χ3n) is 5.60. The highest BCUT2D eigenvalue weighted by Crippen LogP contribution is 2.20. The SMILES string of the molecule is COc1ccc(C2=CCC(=O)N(CC(=O)NCC[NH+](Cc3ccccc3)C(C)C)N2)cc1. The second kappa shape index (κ2) is 11.3. The van der Waals surface area contributed by atoms with Crippen molar-refractivity contribution in [3.8, 4) is 5.75 Å². The second-order valence-electron chi connectivity index (χ2n) is 8.22. The zero-order valence-electron chi connectivity index (χ0n) is 19.1. The number of carbonyl (C=O) groups excluding carboxylic acids is 2. The Bertz CT molecular complexity index is 926. The largest absolute Gasteiger partial charge is 0.497 e. The Morgan fingerprint density at radius 3 is 2.53 bits per heavy atom. The van der Waals surface area contributed by atoms with Gasteiger partial charge in [-0.25, -0.2) is 5.01 Å². The highest BCUT2D eigenvalue weighted by Gasteiger charge is 2.22. The summed E-state index contributed by atoms with van der Waals surface area (Å²) < 4.78 is 5.19. The standard InChI is InChI=1S/C25H32N4O3/c1-19(2)28(17-20-7-5-4-6-8-20)16-15-26-24(30)18-29-25(31)14-13-23(27-29)21-9-11-22(32-3)12-10-21/h4-13,19,27H,14-18H2,1-3H3,(H,26,30)/p+1. The van der Waals surface area contributed by atoms with Gasteiger partial charge in [-0.05, 0) is 49.8 Å². The van der Waals surface area contributed by atoms with Gasteiger partial charge in [-0.15, -0.1) is 0 Å². The number of methoxy groups -OCH3 is 1. The molecule has 170 valence electrons. The molecule has 2 aromatic carbocycles. The maximum absolute atomic E-state index is 12.5. The van der Waals surface area contributed by atoms with Gasteiger partial charge in [-0.2, -0.15) is 0 Å². The summed E-state index contributed by atoms with van der Waals surface area (Å²) in [6.07, 6.45) is 2.09. The molecular formula is C25H33N4O3+. The number of nitrogens with zero attached hydrogens (tertiary/aromatic N) is 1. The molecule has 3 N–H and O–H groups in total. The third kappa shape index (κ3) is 6.59. The van der Waals surface area contributed by atoms with Crippen LogP contribution in [0, 0.1) is 0 Å². The molecule has 0 saturated heterocycles. The first kappa shape index (κ1) is 23.3. The van der Waals surface area contributed by atoms with E-state index in [0.29, 0.717) is 12.6 Å². The van der Waals surface area contributed by atoms with Gasteiger partial charge in [0.25, 0.3) is 0 Å². The lowest BCUT2D eigenvalue weighted by molar-refractivity contribution is -0.933. The van der Waals surface area contributed by atoms with E-state index in [2.05, 4.69) is 36.7 Å². The van der Waals surface area contributed by atoms with E-state index >= 15 is 0 Å². The first-order valence-corrected chi connectivity index (χ1v) is 11.0. The molecule has 0 radical (unpaired) electrons. The van der Waals surface area contributed by atoms with Crippen LogP contribution in [0.5, 0.6) is 5.75 Å². The van der Waals surface area contributed by atoms with Crippen LogP contribution in [0.4, 0.5) is 0 Å². The Kier molecular flexibility index (Phi) is 8.27. The number of nitrogens with one attached hydrogen (secondary N) is 3. The van der Waals surface area contributed by atoms with Crippen LogP contribution < -0.4 is 20.4 Å². The fourth-order valence-electron chi connectivity index (χ4n) is 3.63. The molecule has 32 heavy (non-hydrogen) atoms. The predicted molar refractivity (Wildman–Crippen MR) is 125 cm³/mol. The Balaban J connectivity index is 1.49. The molecular weight excluding hydrogens is 404 g/mol. The number of hydrogen-bond acceptors (Lipinski definition) is 4. The van der Waals surface area contributed by atoms with Crippen molar-refractivity contribution in [3.63, 3.8) is 0 Å². The number of rotatable bonds is 10. The summed E-state index contributed by atoms with van der Waals surface area (Å²) >= 11 is 0. The predicted octanol–water partition coefficient (Wildman–Crippen LogP) is 1.38. The number of benzene rings is 2. The maximum Gasteiger partial charge on any atom is 0.245 e. The average Bonchev–Trinajstić information content (AvgIpc) is 2.80. The molecule has 7 heteroatoms. The Hall–Kier alpha value is -3.32. The van der Waals surface area contributed by atoms with E-state index in [-0.39, 0.29) is 24.8 Å². The van der Waals surface area contributed by atoms with Crippen molar-refractivity contribution in [2.75, 3.05) is 26.7 Å². The highest BCUT2D eigenvalue weighted by molar-refractivity contribution is 5.88. The molecule has 1 aliphatic rings. The number of ether oxygens (including phenoxy) is 1. The zero-order chi connectivity index (χ0) is 22.9. The Morgan fingerprint density at radius 1 is 1.16 bits per heavy atom. The maximum atomic E-state index is 12.5. The topological polar surface area (TPSA) is 75.1 Å². The number of amides is 2. The van der Waals surface area contributed by atoms with Crippen LogP contribution in [-0.2, 0) is 16.1 Å². The van der Waals surface area contributed by atoms with E-state index < -0.39 is 0 Å². The molecule has 1 heterocycles. The zero-order valence-corrected chi connectivity index (χ0v) is 19.1. The van der Waals surface area contributed by atoms with Crippen LogP contribution in [-0.4, -0.2) is 49.6 Å². The number of carbonyl (C=O) groups is 2. The first-order chi connectivity index (χ1) is 15.5. The van der Waals surface area contributed by atoms with E-state index in [4.69, 9.17) is 4.74 Å². The summed E-state index contributed by atoms with van der Waals surface area (Å²) in [5, 5.41) is 4.34. The molecule has 3 rings (SSSR count). The third-order valence-corrected chi connectivity index (χ3v) is 5.60. The van der Waals surface area contributed by atoms with E-state index in [9.17, 15) is 9.59 Å². The molecule has 0 spiro atoms. The summed E-state index contributed by atoms with van der Waals surface area (Å²) in [7, 11) is 1.62. The lowest BCUT2D eigenvalue weighted by atomic mass is 10.1. The van der Waals surface area contributed by atoms with Crippen LogP contribution in [0.1, 0.15) is 31.4 Å². The van der Waals surface area contributed by atoms with Crippen molar-refractivity contribution < 1.29 is 19.2 Å². The molecule has 0 aliphatic carbocycles. The summed E-state index contributed by atoms with van der Waals surface area (Å²) in [6, 6.07) is 18.4. The fourth-order valence-corrected chi connectivity index (χ4v) is 3.63. The molecule has 0 saturated carbocycles. The van der Waals surface area contributed by atoms with Gasteiger partial charge in [0, 0.05) is 12.0 Å². The minimum Gasteiger partial charge on any atom is -0.497 e. The monoisotopic (exact) mass is 437 g/mol. The number of hydrogen-bond donors (Lipinski definition) is 3. The van der Waals surface area contributed by atoms with Gasteiger partial charge in [0.1, 0.15) is 18.8 Å². The van der Waals surface area contributed by atoms with Gasteiger partial charge in [0.15, 0.2) is 0 Å². The summed E-state index contributed by atoms with van der Waals surface area (Å²) in [5.74, 6) is 0.461. The molecule has 0 aromatic heterocycles. The minimum atomic E-state index is -0.176. The van der Waals surface area contributed by atoms with Crippen molar-refractivity contribution in [2.24, 2.45) is 0 Å². The quantitative estimate of drug-likeness (QED) is 0.525. The van der Waals surface area contributed by atoms with Gasteiger partial charge >= 0.3 is 0 Å². The van der Waals surface area contributed by atoms with E-state index in [0.717, 1.165) is 30.1 Å². The molecule has 7 nitrogen and oxygen atoms in total. The molecule has 0 fully saturated rings. The molecule has 2 aromatic rings. The number of hydrazine groups is 1. The number of quaternary nitrogens is 1. The lowest BCUT2D eigenvalue weighted by Crippen LogP contribution is -3.14. The fraction of sp³-hybridized carbons (Fsp3) is 0.360. The van der Waals surface area contributed by atoms with Crippen molar-refractivity contribution >= 4 is 17.5 Å². The van der Waals surface area contributed by atoms with Crippen molar-refractivity contribution in [3.05, 3.63) is 71.8 Å². The molecule has 0 bridgehead atoms. The summed E-state index contributed by atoms with van der Waals surface area (Å²) in [6.45, 7) is 6.63. The lowest BCUT2D eigenvalue weighted by Gasteiger charge is -2.29. The second-order valence-corrected chi connectivity index (χ2v) is 8.22. The van der Waals surface area contributed by atoms with Crippen molar-refractivity contribution in [1.82, 2.24) is 15.8 Å². The van der Waals surface area contributed by atoms with Crippen LogP contribution >= 0.6 is 0 Å². The van der Waals surface area contributed by atoms with E-state index in [1.54, 1.807) is 7.11 Å². The smallest absolute Gasteiger partial charge is 0.245 e. The minimum absolute atomic E-state index is 0.0258. The van der Waals surface area contributed by atoms with Gasteiger partial charge in [0.2, 0.25) is 11.8 Å². The van der Waals surface area contributed by atoms with Crippen LogP contribution in [0.3, 0.4) is 0 Å². The summed E-state index contributed by atoms with van der Waals surface area (Å²) in [4.78, 5) is 26.2. The molecule has 1 aliphatic heterocycles. The average molecular weight is 438 g/mol. The van der Waals surface area contributed by atoms with E-state index in [1.807, 2.05) is 48.5 Å². The first-order valence-electron chi connectivity index (χ1n) is 11.0. The highest BCUT2D eigenvalue weighted by atomic mass is 16.5.